The normalized spacial score (nSPS) is 11.2. The van der Waals surface area contributed by atoms with Crippen molar-refractivity contribution in [2.45, 2.75) is 77.6 Å². The summed E-state index contributed by atoms with van der Waals surface area (Å²) in [7, 11) is 0. The molecule has 0 saturated carbocycles. The molecule has 0 amide bonds. The van der Waals surface area contributed by atoms with Crippen molar-refractivity contribution >= 4 is 27.5 Å². The molecule has 3 aromatic rings. The van der Waals surface area contributed by atoms with Crippen LogP contribution in [0.3, 0.4) is 0 Å². The lowest BCUT2D eigenvalue weighted by atomic mass is 10.0. The minimum absolute atomic E-state index is 0.0505. The molecule has 0 aliphatic heterocycles. The molecule has 3 aromatic carbocycles. The SMILES string of the molecule is CCOC(=O)CCCCCCCCCCCCOc1cccc2cc3ccccc3cc12. The molecule has 0 saturated heterocycles. The van der Waals surface area contributed by atoms with Gasteiger partial charge in [0.1, 0.15) is 5.75 Å². The lowest BCUT2D eigenvalue weighted by Crippen LogP contribution is -2.03. The first-order valence-corrected chi connectivity index (χ1v) is 12.5. The Labute approximate surface area is 193 Å². The third kappa shape index (κ3) is 7.85. The molecule has 3 nitrogen and oxygen atoms in total. The highest BCUT2D eigenvalue weighted by molar-refractivity contribution is 6.00. The Bertz CT molecular complexity index is 963. The van der Waals surface area contributed by atoms with Gasteiger partial charge in [0.15, 0.2) is 0 Å². The lowest BCUT2D eigenvalue weighted by molar-refractivity contribution is -0.143. The van der Waals surface area contributed by atoms with E-state index in [1.807, 2.05) is 6.92 Å². The molecule has 3 heteroatoms. The van der Waals surface area contributed by atoms with Crippen LogP contribution in [0.4, 0.5) is 0 Å². The van der Waals surface area contributed by atoms with Gasteiger partial charge < -0.3 is 9.47 Å². The van der Waals surface area contributed by atoms with Crippen molar-refractivity contribution in [2.75, 3.05) is 13.2 Å². The molecule has 0 bridgehead atoms. The predicted octanol–water partition coefficient (Wildman–Crippen LogP) is 8.23. The van der Waals surface area contributed by atoms with E-state index in [2.05, 4.69) is 54.6 Å². The molecule has 0 fully saturated rings. The molecule has 0 N–H and O–H groups in total. The van der Waals surface area contributed by atoms with E-state index in [9.17, 15) is 4.79 Å². The largest absolute Gasteiger partial charge is 0.493 e. The van der Waals surface area contributed by atoms with Crippen molar-refractivity contribution in [3.05, 3.63) is 54.6 Å². The van der Waals surface area contributed by atoms with Gasteiger partial charge in [-0.15, -0.1) is 0 Å². The highest BCUT2D eigenvalue weighted by Crippen LogP contribution is 2.30. The number of carbonyl (C=O) groups excluding carboxylic acids is 1. The molecule has 32 heavy (non-hydrogen) atoms. The lowest BCUT2D eigenvalue weighted by Gasteiger charge is -2.10. The number of fused-ring (bicyclic) bond motifs is 2. The van der Waals surface area contributed by atoms with Crippen LogP contribution in [0.5, 0.6) is 5.75 Å². The first-order valence-electron chi connectivity index (χ1n) is 12.5. The van der Waals surface area contributed by atoms with E-state index in [0.717, 1.165) is 31.6 Å². The summed E-state index contributed by atoms with van der Waals surface area (Å²) in [4.78, 5) is 11.3. The van der Waals surface area contributed by atoms with Crippen molar-refractivity contribution in [3.63, 3.8) is 0 Å². The van der Waals surface area contributed by atoms with E-state index >= 15 is 0 Å². The summed E-state index contributed by atoms with van der Waals surface area (Å²) in [5.41, 5.74) is 0. The van der Waals surface area contributed by atoms with Gasteiger partial charge in [0.25, 0.3) is 0 Å². The fraction of sp³-hybridized carbons (Fsp3) is 0.483. The van der Waals surface area contributed by atoms with Crippen molar-refractivity contribution in [3.8, 4) is 5.75 Å². The van der Waals surface area contributed by atoms with Crippen LogP contribution in [0.15, 0.2) is 54.6 Å². The summed E-state index contributed by atoms with van der Waals surface area (Å²) in [6.45, 7) is 3.13. The Kier molecular flexibility index (Phi) is 10.4. The van der Waals surface area contributed by atoms with Gasteiger partial charge in [-0.3, -0.25) is 4.79 Å². The van der Waals surface area contributed by atoms with E-state index in [4.69, 9.17) is 9.47 Å². The zero-order valence-corrected chi connectivity index (χ0v) is 19.6. The van der Waals surface area contributed by atoms with Gasteiger partial charge in [0.2, 0.25) is 0 Å². The zero-order valence-electron chi connectivity index (χ0n) is 19.6. The number of unbranched alkanes of at least 4 members (excludes halogenated alkanes) is 9. The van der Waals surface area contributed by atoms with E-state index < -0.39 is 0 Å². The molecule has 0 aliphatic carbocycles. The minimum Gasteiger partial charge on any atom is -0.493 e. The van der Waals surface area contributed by atoms with E-state index in [-0.39, 0.29) is 5.97 Å². The quantitative estimate of drug-likeness (QED) is 0.137. The van der Waals surface area contributed by atoms with Crippen molar-refractivity contribution in [1.82, 2.24) is 0 Å². The predicted molar refractivity (Wildman–Crippen MR) is 134 cm³/mol. The van der Waals surface area contributed by atoms with Gasteiger partial charge in [-0.25, -0.2) is 0 Å². The number of rotatable bonds is 15. The summed E-state index contributed by atoms with van der Waals surface area (Å²) in [6, 6.07) is 19.3. The third-order valence-electron chi connectivity index (χ3n) is 6.04. The first-order chi connectivity index (χ1) is 15.8. The highest BCUT2D eigenvalue weighted by Gasteiger charge is 2.04. The Morgan fingerprint density at radius 1 is 0.688 bits per heavy atom. The van der Waals surface area contributed by atoms with Crippen LogP contribution in [-0.4, -0.2) is 19.2 Å². The molecule has 3 rings (SSSR count). The third-order valence-corrected chi connectivity index (χ3v) is 6.04. The standard InChI is InChI=1S/C29H38O3/c1-2-31-29(30)20-11-9-7-5-3-4-6-8-10-14-21-32-28-19-15-18-26-22-24-16-12-13-17-25(24)23-27(26)28/h12-13,15-19,22-23H,2-11,14,20-21H2,1H3. The Balaban J connectivity index is 1.24. The van der Waals surface area contributed by atoms with Gasteiger partial charge in [0.05, 0.1) is 13.2 Å². The van der Waals surface area contributed by atoms with Crippen LogP contribution in [0.25, 0.3) is 21.5 Å². The number of hydrogen-bond donors (Lipinski definition) is 0. The van der Waals surface area contributed by atoms with Crippen molar-refractivity contribution in [1.29, 1.82) is 0 Å². The monoisotopic (exact) mass is 434 g/mol. The maximum Gasteiger partial charge on any atom is 0.305 e. The second-order valence-electron chi connectivity index (χ2n) is 8.62. The van der Waals surface area contributed by atoms with Crippen LogP contribution in [0, 0.1) is 0 Å². The van der Waals surface area contributed by atoms with Crippen LogP contribution in [0.1, 0.15) is 77.6 Å². The molecule has 0 spiro atoms. The molecule has 0 heterocycles. The van der Waals surface area contributed by atoms with Crippen LogP contribution < -0.4 is 4.74 Å². The van der Waals surface area contributed by atoms with Crippen molar-refractivity contribution in [2.24, 2.45) is 0 Å². The smallest absolute Gasteiger partial charge is 0.305 e. The summed E-state index contributed by atoms with van der Waals surface area (Å²) in [5, 5.41) is 4.97. The van der Waals surface area contributed by atoms with Crippen molar-refractivity contribution < 1.29 is 14.3 Å². The zero-order chi connectivity index (χ0) is 22.4. The molecule has 0 aromatic heterocycles. The summed E-state index contributed by atoms with van der Waals surface area (Å²) < 4.78 is 11.1. The van der Waals surface area contributed by atoms with Gasteiger partial charge >= 0.3 is 5.97 Å². The Morgan fingerprint density at radius 2 is 1.28 bits per heavy atom. The molecule has 0 radical (unpaired) electrons. The van der Waals surface area contributed by atoms with E-state index in [0.29, 0.717) is 13.0 Å². The molecule has 0 aliphatic rings. The summed E-state index contributed by atoms with van der Waals surface area (Å²) >= 11 is 0. The number of ether oxygens (including phenoxy) is 2. The fourth-order valence-electron chi connectivity index (χ4n) is 4.26. The fourth-order valence-corrected chi connectivity index (χ4v) is 4.26. The molecular weight excluding hydrogens is 396 g/mol. The summed E-state index contributed by atoms with van der Waals surface area (Å²) in [5.74, 6) is 0.946. The van der Waals surface area contributed by atoms with Crippen LogP contribution in [0.2, 0.25) is 0 Å². The minimum atomic E-state index is -0.0505. The van der Waals surface area contributed by atoms with E-state index in [1.54, 1.807) is 0 Å². The number of esters is 1. The Hall–Kier alpha value is -2.55. The number of carbonyl (C=O) groups is 1. The number of benzene rings is 3. The Morgan fingerprint density at radius 3 is 1.97 bits per heavy atom. The highest BCUT2D eigenvalue weighted by atomic mass is 16.5. The maximum atomic E-state index is 11.3. The second kappa shape index (κ2) is 13.8. The topological polar surface area (TPSA) is 35.5 Å². The molecule has 0 atom stereocenters. The van der Waals surface area contributed by atoms with Gasteiger partial charge in [0, 0.05) is 11.8 Å². The summed E-state index contributed by atoms with van der Waals surface area (Å²) in [6.07, 6.45) is 12.7. The van der Waals surface area contributed by atoms with Gasteiger partial charge in [-0.2, -0.15) is 0 Å². The van der Waals surface area contributed by atoms with Crippen LogP contribution >= 0.6 is 0 Å². The molecular formula is C29H38O3. The van der Waals surface area contributed by atoms with Crippen LogP contribution in [-0.2, 0) is 9.53 Å². The molecule has 172 valence electrons. The second-order valence-corrected chi connectivity index (χ2v) is 8.62. The van der Waals surface area contributed by atoms with Gasteiger partial charge in [-0.05, 0) is 54.1 Å². The maximum absolute atomic E-state index is 11.3. The average Bonchev–Trinajstić information content (AvgIpc) is 2.81. The number of hydrogen-bond acceptors (Lipinski definition) is 3. The van der Waals surface area contributed by atoms with E-state index in [1.165, 1.54) is 66.5 Å². The first kappa shape index (κ1) is 24.1. The van der Waals surface area contributed by atoms with Gasteiger partial charge in [-0.1, -0.05) is 87.8 Å². The average molecular weight is 435 g/mol. The molecule has 0 unspecified atom stereocenters.